The molecule has 0 atom stereocenters. The van der Waals surface area contributed by atoms with Crippen molar-refractivity contribution in [2.45, 2.75) is 31.9 Å². The molecule has 1 aromatic rings. The number of rotatable bonds is 8. The number of hydrogen-bond donors (Lipinski definition) is 1. The summed E-state index contributed by atoms with van der Waals surface area (Å²) < 4.78 is 26.8. The Hall–Kier alpha value is -0.980. The van der Waals surface area contributed by atoms with Gasteiger partial charge in [-0.2, -0.15) is 0 Å². The Morgan fingerprint density at radius 1 is 1.43 bits per heavy atom. The molecule has 1 aliphatic rings. The molecule has 0 bridgehead atoms. The number of nitrogens with two attached hydrogens (primary N) is 1. The molecule has 1 aromatic carbocycles. The van der Waals surface area contributed by atoms with Crippen molar-refractivity contribution in [3.05, 3.63) is 35.4 Å². The van der Waals surface area contributed by atoms with Gasteiger partial charge >= 0.3 is 0 Å². The molecular weight excluding hydrogens is 304 g/mol. The molecule has 21 heavy (non-hydrogen) atoms. The summed E-state index contributed by atoms with van der Waals surface area (Å²) >= 11 is 4.94. The molecule has 0 aliphatic heterocycles. The zero-order chi connectivity index (χ0) is 15.5. The summed E-state index contributed by atoms with van der Waals surface area (Å²) in [5.41, 5.74) is 7.04. The van der Waals surface area contributed by atoms with Crippen LogP contribution in [0.1, 0.15) is 37.3 Å². The van der Waals surface area contributed by atoms with E-state index in [4.69, 9.17) is 18.0 Å². The van der Waals surface area contributed by atoms with E-state index in [1.807, 2.05) is 6.92 Å². The van der Waals surface area contributed by atoms with Crippen LogP contribution in [-0.4, -0.2) is 30.8 Å². The van der Waals surface area contributed by atoms with Crippen LogP contribution in [-0.2, 0) is 15.8 Å². The van der Waals surface area contributed by atoms with Crippen molar-refractivity contribution in [2.75, 3.05) is 13.1 Å². The van der Waals surface area contributed by atoms with Crippen LogP contribution < -0.4 is 5.73 Å². The fourth-order valence-electron chi connectivity index (χ4n) is 2.30. The summed E-state index contributed by atoms with van der Waals surface area (Å²) in [6.07, 6.45) is 3.12. The first kappa shape index (κ1) is 16.4. The van der Waals surface area contributed by atoms with E-state index in [0.29, 0.717) is 24.6 Å². The lowest BCUT2D eigenvalue weighted by Crippen LogP contribution is -2.34. The van der Waals surface area contributed by atoms with Crippen molar-refractivity contribution >= 4 is 27.2 Å². The van der Waals surface area contributed by atoms with Gasteiger partial charge in [-0.3, -0.25) is 0 Å². The van der Waals surface area contributed by atoms with Gasteiger partial charge in [0.05, 0.1) is 5.75 Å². The van der Waals surface area contributed by atoms with Crippen molar-refractivity contribution in [3.63, 3.8) is 0 Å². The van der Waals surface area contributed by atoms with Crippen molar-refractivity contribution in [1.29, 1.82) is 0 Å². The quantitative estimate of drug-likeness (QED) is 0.744. The van der Waals surface area contributed by atoms with Crippen LogP contribution in [0.2, 0.25) is 0 Å². The molecule has 6 heteroatoms. The third kappa shape index (κ3) is 4.76. The summed E-state index contributed by atoms with van der Waals surface area (Å²) in [6.45, 7) is 3.25. The first-order valence-electron chi connectivity index (χ1n) is 7.29. The second kappa shape index (κ2) is 6.85. The van der Waals surface area contributed by atoms with E-state index in [9.17, 15) is 8.42 Å². The normalized spacial score (nSPS) is 15.3. The summed E-state index contributed by atoms with van der Waals surface area (Å²) in [5, 5.41) is 0. The van der Waals surface area contributed by atoms with Crippen molar-refractivity contribution in [1.82, 2.24) is 4.31 Å². The lowest BCUT2D eigenvalue weighted by atomic mass is 10.1. The van der Waals surface area contributed by atoms with Crippen LogP contribution >= 0.6 is 12.2 Å². The topological polar surface area (TPSA) is 63.4 Å². The maximum atomic E-state index is 12.6. The number of benzene rings is 1. The van der Waals surface area contributed by atoms with Crippen molar-refractivity contribution in [2.24, 2.45) is 11.7 Å². The molecule has 1 saturated carbocycles. The van der Waals surface area contributed by atoms with E-state index in [2.05, 4.69) is 0 Å². The Kier molecular flexibility index (Phi) is 5.35. The van der Waals surface area contributed by atoms with Gasteiger partial charge < -0.3 is 5.73 Å². The van der Waals surface area contributed by atoms with Gasteiger partial charge in [0.2, 0.25) is 10.0 Å². The van der Waals surface area contributed by atoms with Crippen LogP contribution in [0.4, 0.5) is 0 Å². The molecule has 0 saturated heterocycles. The van der Waals surface area contributed by atoms with Crippen LogP contribution in [0.15, 0.2) is 24.3 Å². The molecule has 1 aliphatic carbocycles. The smallest absolute Gasteiger partial charge is 0.218 e. The highest BCUT2D eigenvalue weighted by Crippen LogP contribution is 2.31. The van der Waals surface area contributed by atoms with Crippen LogP contribution in [0, 0.1) is 5.92 Å². The maximum Gasteiger partial charge on any atom is 0.218 e. The van der Waals surface area contributed by atoms with Crippen molar-refractivity contribution < 1.29 is 8.42 Å². The van der Waals surface area contributed by atoms with E-state index in [1.165, 1.54) is 0 Å². The first-order chi connectivity index (χ1) is 9.92. The molecule has 0 radical (unpaired) electrons. The molecule has 1 fully saturated rings. The molecule has 0 spiro atoms. The fourth-order valence-corrected chi connectivity index (χ4v) is 4.11. The van der Waals surface area contributed by atoms with Gasteiger partial charge in [-0.05, 0) is 36.8 Å². The van der Waals surface area contributed by atoms with Gasteiger partial charge in [0.15, 0.2) is 0 Å². The Morgan fingerprint density at radius 2 is 2.14 bits per heavy atom. The largest absolute Gasteiger partial charge is 0.389 e. The van der Waals surface area contributed by atoms with Gasteiger partial charge in [0, 0.05) is 18.7 Å². The Bertz CT molecular complexity index is 610. The van der Waals surface area contributed by atoms with Crippen LogP contribution in [0.25, 0.3) is 0 Å². The maximum absolute atomic E-state index is 12.6. The molecule has 0 unspecified atom stereocenters. The molecule has 2 rings (SSSR count). The minimum atomic E-state index is -3.29. The van der Waals surface area contributed by atoms with E-state index in [-0.39, 0.29) is 10.7 Å². The SMILES string of the molecule is CCCN(CC1CC1)S(=O)(=O)Cc1cccc(C(N)=S)c1. The van der Waals surface area contributed by atoms with Gasteiger partial charge in [-0.25, -0.2) is 12.7 Å². The molecule has 0 aromatic heterocycles. The average Bonchev–Trinajstić information content (AvgIpc) is 3.22. The van der Waals surface area contributed by atoms with Crippen LogP contribution in [0.5, 0.6) is 0 Å². The highest BCUT2D eigenvalue weighted by molar-refractivity contribution is 7.88. The number of sulfonamides is 1. The molecular formula is C15H22N2O2S2. The molecule has 116 valence electrons. The third-order valence-electron chi connectivity index (χ3n) is 3.59. The lowest BCUT2D eigenvalue weighted by Gasteiger charge is -2.21. The van der Waals surface area contributed by atoms with Crippen LogP contribution in [0.3, 0.4) is 0 Å². The lowest BCUT2D eigenvalue weighted by molar-refractivity contribution is 0.395. The number of thiocarbonyl (C=S) groups is 1. The van der Waals surface area contributed by atoms with Gasteiger partial charge in [-0.15, -0.1) is 0 Å². The van der Waals surface area contributed by atoms with E-state index >= 15 is 0 Å². The highest BCUT2D eigenvalue weighted by Gasteiger charge is 2.30. The first-order valence-corrected chi connectivity index (χ1v) is 9.30. The molecule has 4 nitrogen and oxygen atoms in total. The second-order valence-corrected chi connectivity index (χ2v) is 8.03. The van der Waals surface area contributed by atoms with E-state index < -0.39 is 10.0 Å². The molecule has 0 heterocycles. The Balaban J connectivity index is 2.14. The Labute approximate surface area is 132 Å². The van der Waals surface area contributed by atoms with Crippen molar-refractivity contribution in [3.8, 4) is 0 Å². The zero-order valence-electron chi connectivity index (χ0n) is 12.3. The summed E-state index contributed by atoms with van der Waals surface area (Å²) in [5.74, 6) is 0.560. The minimum Gasteiger partial charge on any atom is -0.389 e. The standard InChI is InChI=1S/C15H22N2O2S2/c1-2-8-17(10-12-6-7-12)21(18,19)11-13-4-3-5-14(9-13)15(16)20/h3-5,9,12H,2,6-8,10-11H2,1H3,(H2,16,20). The zero-order valence-corrected chi connectivity index (χ0v) is 13.9. The molecule has 2 N–H and O–H groups in total. The highest BCUT2D eigenvalue weighted by atomic mass is 32.2. The summed E-state index contributed by atoms with van der Waals surface area (Å²) in [6, 6.07) is 7.17. The van der Waals surface area contributed by atoms with E-state index in [0.717, 1.165) is 24.8 Å². The Morgan fingerprint density at radius 3 is 2.71 bits per heavy atom. The summed E-state index contributed by atoms with van der Waals surface area (Å²) in [4.78, 5) is 0.289. The van der Waals surface area contributed by atoms with Gasteiger partial charge in [-0.1, -0.05) is 37.3 Å². The van der Waals surface area contributed by atoms with E-state index in [1.54, 1.807) is 28.6 Å². The predicted octanol–water partition coefficient (Wildman–Crippen LogP) is 2.27. The van der Waals surface area contributed by atoms with Gasteiger partial charge in [0.1, 0.15) is 4.99 Å². The third-order valence-corrected chi connectivity index (χ3v) is 5.64. The molecule has 0 amide bonds. The van der Waals surface area contributed by atoms with Gasteiger partial charge in [0.25, 0.3) is 0 Å². The predicted molar refractivity (Wildman–Crippen MR) is 89.5 cm³/mol. The monoisotopic (exact) mass is 326 g/mol. The average molecular weight is 326 g/mol. The number of nitrogens with zero attached hydrogens (tertiary/aromatic N) is 1. The fraction of sp³-hybridized carbons (Fsp3) is 0.533. The second-order valence-electron chi connectivity index (χ2n) is 5.62. The summed E-state index contributed by atoms with van der Waals surface area (Å²) in [7, 11) is -3.29. The minimum absolute atomic E-state index is 0.0101. The number of hydrogen-bond acceptors (Lipinski definition) is 3.